The smallest absolute Gasteiger partial charge is 0.331 e. The van der Waals surface area contributed by atoms with E-state index in [1.54, 1.807) is 28.0 Å². The van der Waals surface area contributed by atoms with E-state index in [-0.39, 0.29) is 6.03 Å². The molecule has 0 spiro atoms. The maximum Gasteiger partial charge on any atom is 0.331 e. The summed E-state index contributed by atoms with van der Waals surface area (Å²) in [5, 5.41) is 0. The Morgan fingerprint density at radius 2 is 1.83 bits per heavy atom. The molecule has 1 aliphatic heterocycles. The molecule has 2 aromatic carbocycles. The fraction of sp³-hybridized carbons (Fsp3) is 0.118. The van der Waals surface area contributed by atoms with Gasteiger partial charge in [0, 0.05) is 24.3 Å². The number of anilines is 2. The van der Waals surface area contributed by atoms with Crippen LogP contribution in [0.15, 0.2) is 48.5 Å². The SMILES string of the molecule is NC(=O)c1ccc2nc(N3CCN(c4ccccc4)C3=O)[nH]c2c1. The van der Waals surface area contributed by atoms with E-state index in [1.807, 2.05) is 30.3 Å². The van der Waals surface area contributed by atoms with Crippen LogP contribution >= 0.6 is 0 Å². The molecule has 3 aromatic rings. The first-order chi connectivity index (χ1) is 11.6. The van der Waals surface area contributed by atoms with Gasteiger partial charge < -0.3 is 10.7 Å². The highest BCUT2D eigenvalue weighted by Crippen LogP contribution is 2.25. The predicted octanol–water partition coefficient (Wildman–Crippen LogP) is 2.11. The van der Waals surface area contributed by atoms with Gasteiger partial charge in [-0.05, 0) is 30.3 Å². The molecule has 0 radical (unpaired) electrons. The molecule has 3 amide bonds. The number of carbonyl (C=O) groups excluding carboxylic acids is 2. The normalized spacial score (nSPS) is 14.6. The summed E-state index contributed by atoms with van der Waals surface area (Å²) in [7, 11) is 0. The molecule has 1 saturated heterocycles. The van der Waals surface area contributed by atoms with Crippen LogP contribution in [-0.4, -0.2) is 35.0 Å². The summed E-state index contributed by atoms with van der Waals surface area (Å²) in [6.45, 7) is 1.13. The van der Waals surface area contributed by atoms with Gasteiger partial charge in [0.05, 0.1) is 11.0 Å². The number of hydrogen-bond donors (Lipinski definition) is 2. The summed E-state index contributed by atoms with van der Waals surface area (Å²) in [4.78, 5) is 34.8. The van der Waals surface area contributed by atoms with E-state index in [0.29, 0.717) is 35.6 Å². The third-order valence-electron chi connectivity index (χ3n) is 4.09. The second-order valence-corrected chi connectivity index (χ2v) is 5.58. The van der Waals surface area contributed by atoms with Crippen molar-refractivity contribution in [2.24, 2.45) is 5.73 Å². The molecule has 0 bridgehead atoms. The van der Waals surface area contributed by atoms with Gasteiger partial charge in [0.25, 0.3) is 0 Å². The number of primary amides is 1. The monoisotopic (exact) mass is 321 g/mol. The summed E-state index contributed by atoms with van der Waals surface area (Å²) in [6, 6.07) is 14.4. The van der Waals surface area contributed by atoms with Gasteiger partial charge in [-0.25, -0.2) is 9.78 Å². The maximum atomic E-state index is 12.7. The van der Waals surface area contributed by atoms with E-state index in [0.717, 1.165) is 5.69 Å². The van der Waals surface area contributed by atoms with Gasteiger partial charge in [-0.1, -0.05) is 18.2 Å². The van der Waals surface area contributed by atoms with Crippen LogP contribution in [0.1, 0.15) is 10.4 Å². The van der Waals surface area contributed by atoms with Crippen molar-refractivity contribution in [1.82, 2.24) is 9.97 Å². The second kappa shape index (κ2) is 5.38. The summed E-state index contributed by atoms with van der Waals surface area (Å²) in [5.74, 6) is -0.0318. The van der Waals surface area contributed by atoms with Crippen LogP contribution in [0.5, 0.6) is 0 Å². The molecule has 1 aliphatic rings. The Balaban J connectivity index is 1.66. The van der Waals surface area contributed by atoms with Crippen LogP contribution in [0.2, 0.25) is 0 Å². The third-order valence-corrected chi connectivity index (χ3v) is 4.09. The molecular formula is C17H15N5O2. The minimum absolute atomic E-state index is 0.129. The lowest BCUT2D eigenvalue weighted by Gasteiger charge is -2.16. The summed E-state index contributed by atoms with van der Waals surface area (Å²) < 4.78 is 0. The van der Waals surface area contributed by atoms with Crippen molar-refractivity contribution in [3.63, 3.8) is 0 Å². The number of carbonyl (C=O) groups is 2. The van der Waals surface area contributed by atoms with Crippen molar-refractivity contribution >= 4 is 34.6 Å². The van der Waals surface area contributed by atoms with Crippen molar-refractivity contribution in [1.29, 1.82) is 0 Å². The van der Waals surface area contributed by atoms with Gasteiger partial charge in [-0.15, -0.1) is 0 Å². The Morgan fingerprint density at radius 3 is 2.58 bits per heavy atom. The number of H-pyrrole nitrogens is 1. The Hall–Kier alpha value is -3.35. The number of nitrogens with one attached hydrogen (secondary N) is 1. The number of nitrogens with zero attached hydrogens (tertiary/aromatic N) is 3. The van der Waals surface area contributed by atoms with Crippen LogP contribution < -0.4 is 15.5 Å². The third kappa shape index (κ3) is 2.26. The Morgan fingerprint density at radius 1 is 1.08 bits per heavy atom. The number of nitrogens with two attached hydrogens (primary N) is 1. The van der Waals surface area contributed by atoms with Gasteiger partial charge in [0.15, 0.2) is 0 Å². The van der Waals surface area contributed by atoms with Crippen molar-refractivity contribution in [3.05, 3.63) is 54.1 Å². The van der Waals surface area contributed by atoms with Gasteiger partial charge >= 0.3 is 6.03 Å². The van der Waals surface area contributed by atoms with Crippen molar-refractivity contribution in [3.8, 4) is 0 Å². The van der Waals surface area contributed by atoms with Crippen molar-refractivity contribution < 1.29 is 9.59 Å². The molecule has 0 unspecified atom stereocenters. The number of aromatic amines is 1. The Labute approximate surface area is 137 Å². The average molecular weight is 321 g/mol. The predicted molar refractivity (Wildman–Crippen MR) is 91.1 cm³/mol. The zero-order chi connectivity index (χ0) is 16.7. The first-order valence-corrected chi connectivity index (χ1v) is 7.57. The maximum absolute atomic E-state index is 12.7. The van der Waals surface area contributed by atoms with Gasteiger partial charge in [-0.2, -0.15) is 0 Å². The number of rotatable bonds is 3. The number of benzene rings is 2. The summed E-state index contributed by atoms with van der Waals surface area (Å²) >= 11 is 0. The van der Waals surface area contributed by atoms with E-state index in [4.69, 9.17) is 5.73 Å². The van der Waals surface area contributed by atoms with Crippen LogP contribution in [0.4, 0.5) is 16.4 Å². The fourth-order valence-electron chi connectivity index (χ4n) is 2.86. The highest BCUT2D eigenvalue weighted by atomic mass is 16.2. The van der Waals surface area contributed by atoms with E-state index < -0.39 is 5.91 Å². The summed E-state index contributed by atoms with van der Waals surface area (Å²) in [6.07, 6.45) is 0. The van der Waals surface area contributed by atoms with Crippen LogP contribution in [0, 0.1) is 0 Å². The number of urea groups is 1. The first-order valence-electron chi connectivity index (χ1n) is 7.57. The molecule has 0 aliphatic carbocycles. The quantitative estimate of drug-likeness (QED) is 0.773. The zero-order valence-electron chi connectivity index (χ0n) is 12.8. The number of imidazole rings is 1. The molecule has 7 nitrogen and oxygen atoms in total. The molecule has 3 N–H and O–H groups in total. The molecule has 1 aromatic heterocycles. The highest BCUT2D eigenvalue weighted by Gasteiger charge is 2.32. The molecule has 120 valence electrons. The van der Waals surface area contributed by atoms with E-state index in [9.17, 15) is 9.59 Å². The van der Waals surface area contributed by atoms with Crippen LogP contribution in [-0.2, 0) is 0 Å². The van der Waals surface area contributed by atoms with Crippen molar-refractivity contribution in [2.45, 2.75) is 0 Å². The molecule has 0 saturated carbocycles. The van der Waals surface area contributed by atoms with Gasteiger partial charge in [0.1, 0.15) is 0 Å². The molecule has 7 heteroatoms. The highest BCUT2D eigenvalue weighted by molar-refractivity contribution is 6.06. The minimum Gasteiger partial charge on any atom is -0.366 e. The van der Waals surface area contributed by atoms with E-state index >= 15 is 0 Å². The number of amides is 3. The lowest BCUT2D eigenvalue weighted by molar-refractivity contribution is 0.100. The first kappa shape index (κ1) is 14.3. The molecule has 1 fully saturated rings. The van der Waals surface area contributed by atoms with Crippen LogP contribution in [0.25, 0.3) is 11.0 Å². The lowest BCUT2D eigenvalue weighted by Crippen LogP contribution is -2.32. The molecule has 24 heavy (non-hydrogen) atoms. The number of aromatic nitrogens is 2. The zero-order valence-corrected chi connectivity index (χ0v) is 12.8. The molecular weight excluding hydrogens is 306 g/mol. The second-order valence-electron chi connectivity index (χ2n) is 5.58. The topological polar surface area (TPSA) is 95.3 Å². The van der Waals surface area contributed by atoms with Crippen LogP contribution in [0.3, 0.4) is 0 Å². The Kier molecular flexibility index (Phi) is 3.19. The largest absolute Gasteiger partial charge is 0.366 e. The summed E-state index contributed by atoms with van der Waals surface area (Å²) in [5.41, 5.74) is 7.91. The van der Waals surface area contributed by atoms with E-state index in [1.165, 1.54) is 0 Å². The molecule has 2 heterocycles. The fourth-order valence-corrected chi connectivity index (χ4v) is 2.86. The lowest BCUT2D eigenvalue weighted by atomic mass is 10.2. The molecule has 4 rings (SSSR count). The number of fused-ring (bicyclic) bond motifs is 1. The number of para-hydroxylation sites is 1. The average Bonchev–Trinajstić information content (AvgIpc) is 3.17. The van der Waals surface area contributed by atoms with Gasteiger partial charge in [-0.3, -0.25) is 14.6 Å². The van der Waals surface area contributed by atoms with Gasteiger partial charge in [0.2, 0.25) is 11.9 Å². The number of hydrogen-bond acceptors (Lipinski definition) is 3. The van der Waals surface area contributed by atoms with E-state index in [2.05, 4.69) is 9.97 Å². The van der Waals surface area contributed by atoms with Crippen molar-refractivity contribution in [2.75, 3.05) is 22.9 Å². The Bertz CT molecular complexity index is 935. The standard InChI is InChI=1S/C17H15N5O2/c18-15(23)11-6-7-13-14(10-11)20-16(19-13)22-9-8-21(17(22)24)12-4-2-1-3-5-12/h1-7,10H,8-9H2,(H2,18,23)(H,19,20). The molecule has 0 atom stereocenters. The minimum atomic E-state index is -0.499.